The molecule has 0 unspecified atom stereocenters. The number of nitrogens with two attached hydrogens (primary N) is 1. The zero-order chi connectivity index (χ0) is 15.9. The lowest BCUT2D eigenvalue weighted by molar-refractivity contribution is 0.474. The quantitative estimate of drug-likeness (QED) is 0.761. The molecular formula is C17H18N4O. The fourth-order valence-corrected chi connectivity index (χ4v) is 2.53. The van der Waals surface area contributed by atoms with Crippen LogP contribution in [0.5, 0.6) is 5.75 Å². The molecule has 5 nitrogen and oxygen atoms in total. The Balaban J connectivity index is 2.15. The maximum atomic E-state index is 9.53. The molecule has 0 amide bonds. The molecule has 0 bridgehead atoms. The molecule has 0 fully saturated rings. The highest BCUT2D eigenvalue weighted by molar-refractivity contribution is 5.74. The zero-order valence-corrected chi connectivity index (χ0v) is 12.8. The van der Waals surface area contributed by atoms with Crippen molar-refractivity contribution < 1.29 is 5.11 Å². The van der Waals surface area contributed by atoms with Crippen LogP contribution in [0.3, 0.4) is 0 Å². The van der Waals surface area contributed by atoms with Crippen molar-refractivity contribution in [2.24, 2.45) is 0 Å². The summed E-state index contributed by atoms with van der Waals surface area (Å²) < 4.78 is 1.60. The van der Waals surface area contributed by atoms with Crippen molar-refractivity contribution in [2.45, 2.75) is 20.8 Å². The van der Waals surface area contributed by atoms with E-state index >= 15 is 0 Å². The van der Waals surface area contributed by atoms with Crippen molar-refractivity contribution in [1.29, 1.82) is 0 Å². The number of rotatable bonds is 2. The lowest BCUT2D eigenvalue weighted by atomic mass is 10.0. The fraction of sp³-hybridized carbons (Fsp3) is 0.176. The van der Waals surface area contributed by atoms with E-state index < -0.39 is 0 Å². The van der Waals surface area contributed by atoms with Crippen LogP contribution in [0.15, 0.2) is 36.4 Å². The summed E-state index contributed by atoms with van der Waals surface area (Å²) >= 11 is 0. The van der Waals surface area contributed by atoms with E-state index in [1.165, 1.54) is 0 Å². The van der Waals surface area contributed by atoms with Crippen molar-refractivity contribution in [3.05, 3.63) is 53.1 Å². The van der Waals surface area contributed by atoms with E-state index in [1.54, 1.807) is 22.9 Å². The molecule has 3 rings (SSSR count). The first-order chi connectivity index (χ1) is 10.5. The second kappa shape index (κ2) is 5.18. The average molecular weight is 294 g/mol. The van der Waals surface area contributed by atoms with Crippen LogP contribution >= 0.6 is 0 Å². The van der Waals surface area contributed by atoms with E-state index in [-0.39, 0.29) is 5.75 Å². The lowest BCUT2D eigenvalue weighted by Crippen LogP contribution is -2.04. The van der Waals surface area contributed by atoms with Gasteiger partial charge in [-0.1, -0.05) is 22.9 Å². The van der Waals surface area contributed by atoms with Gasteiger partial charge in [-0.05, 0) is 56.2 Å². The normalized spacial score (nSPS) is 10.9. The van der Waals surface area contributed by atoms with Gasteiger partial charge in [-0.15, -0.1) is 5.10 Å². The van der Waals surface area contributed by atoms with Gasteiger partial charge < -0.3 is 10.8 Å². The van der Waals surface area contributed by atoms with Crippen LogP contribution in [0.1, 0.15) is 16.7 Å². The number of aromatic hydroxyl groups is 1. The topological polar surface area (TPSA) is 77.0 Å². The van der Waals surface area contributed by atoms with Crippen LogP contribution < -0.4 is 5.73 Å². The maximum Gasteiger partial charge on any atom is 0.155 e. The van der Waals surface area contributed by atoms with Gasteiger partial charge in [0.25, 0.3) is 0 Å². The van der Waals surface area contributed by atoms with E-state index in [2.05, 4.69) is 28.5 Å². The highest BCUT2D eigenvalue weighted by Crippen LogP contribution is 2.30. The second-order valence-corrected chi connectivity index (χ2v) is 5.52. The van der Waals surface area contributed by atoms with Crippen molar-refractivity contribution in [3.8, 4) is 22.7 Å². The predicted octanol–water partition coefficient (Wildman–Crippen LogP) is 3.15. The third kappa shape index (κ3) is 2.30. The molecule has 0 aliphatic rings. The summed E-state index contributed by atoms with van der Waals surface area (Å²) in [4.78, 5) is 0. The molecule has 0 spiro atoms. The van der Waals surface area contributed by atoms with E-state index in [4.69, 9.17) is 5.73 Å². The summed E-state index contributed by atoms with van der Waals surface area (Å²) in [6.45, 7) is 5.96. The van der Waals surface area contributed by atoms with Crippen LogP contribution in [0.4, 0.5) is 5.82 Å². The third-order valence-electron chi connectivity index (χ3n) is 3.76. The number of hydrogen-bond acceptors (Lipinski definition) is 4. The molecular weight excluding hydrogens is 276 g/mol. The molecule has 0 saturated carbocycles. The molecule has 3 aromatic rings. The van der Waals surface area contributed by atoms with Crippen LogP contribution in [-0.2, 0) is 0 Å². The van der Waals surface area contributed by atoms with Gasteiger partial charge in [0.1, 0.15) is 11.4 Å². The van der Waals surface area contributed by atoms with E-state index in [0.717, 1.165) is 27.9 Å². The largest absolute Gasteiger partial charge is 0.508 e. The fourth-order valence-electron chi connectivity index (χ4n) is 2.53. The Kier molecular flexibility index (Phi) is 3.33. The monoisotopic (exact) mass is 294 g/mol. The first-order valence-corrected chi connectivity index (χ1v) is 7.06. The number of anilines is 1. The summed E-state index contributed by atoms with van der Waals surface area (Å²) in [6, 6.07) is 11.2. The van der Waals surface area contributed by atoms with Gasteiger partial charge in [-0.3, -0.25) is 0 Å². The molecule has 0 aliphatic heterocycles. The number of nitrogen functional groups attached to an aromatic ring is 1. The van der Waals surface area contributed by atoms with Gasteiger partial charge >= 0.3 is 0 Å². The van der Waals surface area contributed by atoms with E-state index in [9.17, 15) is 5.11 Å². The molecule has 0 aliphatic carbocycles. The molecule has 0 atom stereocenters. The van der Waals surface area contributed by atoms with Gasteiger partial charge in [0.05, 0.1) is 5.69 Å². The Hall–Kier alpha value is -2.82. The SMILES string of the molecule is Cc1ccc(C)c(-c2nnn(-c3ccc(O)cc3C)c2N)c1. The molecule has 0 radical (unpaired) electrons. The van der Waals surface area contributed by atoms with Gasteiger partial charge in [-0.2, -0.15) is 4.68 Å². The number of benzene rings is 2. The van der Waals surface area contributed by atoms with Crippen LogP contribution in [0, 0.1) is 20.8 Å². The lowest BCUT2D eigenvalue weighted by Gasteiger charge is -2.08. The highest BCUT2D eigenvalue weighted by atomic mass is 16.3. The molecule has 112 valence electrons. The predicted molar refractivity (Wildman–Crippen MR) is 87.1 cm³/mol. The van der Waals surface area contributed by atoms with E-state index in [1.807, 2.05) is 20.8 Å². The number of phenolic OH excluding ortho intramolecular Hbond substituents is 1. The third-order valence-corrected chi connectivity index (χ3v) is 3.76. The maximum absolute atomic E-state index is 9.53. The smallest absolute Gasteiger partial charge is 0.155 e. The Morgan fingerprint density at radius 2 is 1.77 bits per heavy atom. The van der Waals surface area contributed by atoms with Gasteiger partial charge in [0.15, 0.2) is 5.82 Å². The van der Waals surface area contributed by atoms with Crippen LogP contribution in [-0.4, -0.2) is 20.1 Å². The average Bonchev–Trinajstić information content (AvgIpc) is 2.83. The van der Waals surface area contributed by atoms with Gasteiger partial charge in [-0.25, -0.2) is 0 Å². The molecule has 2 aromatic carbocycles. The number of phenols is 1. The molecule has 3 N–H and O–H groups in total. The van der Waals surface area contributed by atoms with Crippen LogP contribution in [0.2, 0.25) is 0 Å². The second-order valence-electron chi connectivity index (χ2n) is 5.52. The van der Waals surface area contributed by atoms with Crippen molar-refractivity contribution >= 4 is 5.82 Å². The number of nitrogens with zero attached hydrogens (tertiary/aromatic N) is 3. The van der Waals surface area contributed by atoms with Crippen molar-refractivity contribution in [2.75, 3.05) is 5.73 Å². The summed E-state index contributed by atoms with van der Waals surface area (Å²) in [6.07, 6.45) is 0. The first kappa shape index (κ1) is 14.1. The summed E-state index contributed by atoms with van der Waals surface area (Å²) in [5.41, 5.74) is 11.9. The molecule has 22 heavy (non-hydrogen) atoms. The molecule has 5 heteroatoms. The number of aryl methyl sites for hydroxylation is 3. The summed E-state index contributed by atoms with van der Waals surface area (Å²) in [5, 5.41) is 18.0. The molecule has 0 saturated heterocycles. The van der Waals surface area contributed by atoms with Gasteiger partial charge in [0, 0.05) is 5.56 Å². The minimum Gasteiger partial charge on any atom is -0.508 e. The zero-order valence-electron chi connectivity index (χ0n) is 12.8. The number of hydrogen-bond donors (Lipinski definition) is 2. The molecule has 1 heterocycles. The van der Waals surface area contributed by atoms with Gasteiger partial charge in [0.2, 0.25) is 0 Å². The van der Waals surface area contributed by atoms with Crippen molar-refractivity contribution in [3.63, 3.8) is 0 Å². The summed E-state index contributed by atoms with van der Waals surface area (Å²) in [5.74, 6) is 0.706. The summed E-state index contributed by atoms with van der Waals surface area (Å²) in [7, 11) is 0. The highest BCUT2D eigenvalue weighted by Gasteiger charge is 2.16. The first-order valence-electron chi connectivity index (χ1n) is 7.06. The minimum atomic E-state index is 0.217. The Morgan fingerprint density at radius 1 is 1.00 bits per heavy atom. The van der Waals surface area contributed by atoms with Crippen molar-refractivity contribution in [1.82, 2.24) is 15.0 Å². The Labute approximate surface area is 129 Å². The van der Waals surface area contributed by atoms with E-state index in [0.29, 0.717) is 11.5 Å². The molecule has 1 aromatic heterocycles. The van der Waals surface area contributed by atoms with Crippen LogP contribution in [0.25, 0.3) is 16.9 Å². The Bertz CT molecular complexity index is 852. The standard InChI is InChI=1S/C17H18N4O/c1-10-4-5-11(2)14(8-10)16-17(18)21(20-19-16)15-7-6-13(22)9-12(15)3/h4-9,22H,18H2,1-3H3. The minimum absolute atomic E-state index is 0.217. The Morgan fingerprint density at radius 3 is 2.50 bits per heavy atom. The number of aromatic nitrogens is 3.